The van der Waals surface area contributed by atoms with Gasteiger partial charge >= 0.3 is 0 Å². The number of hydrogen-bond donors (Lipinski definition) is 1. The van der Waals surface area contributed by atoms with Gasteiger partial charge in [-0.3, -0.25) is 9.69 Å². The van der Waals surface area contributed by atoms with Crippen LogP contribution in [-0.2, 0) is 11.3 Å². The van der Waals surface area contributed by atoms with Crippen molar-refractivity contribution in [2.24, 2.45) is 5.92 Å². The zero-order valence-corrected chi connectivity index (χ0v) is 23.0. The third-order valence-electron chi connectivity index (χ3n) is 8.07. The summed E-state index contributed by atoms with van der Waals surface area (Å²) in [5.74, 6) is 2.54. The fraction of sp³-hybridized carbons (Fsp3) is 0.516. The zero-order chi connectivity index (χ0) is 26.3. The first-order valence-corrected chi connectivity index (χ1v) is 14.3. The highest BCUT2D eigenvalue weighted by Crippen LogP contribution is 2.38. The second-order valence-corrected chi connectivity index (χ2v) is 11.1. The lowest BCUT2D eigenvalue weighted by molar-refractivity contribution is -0.136. The number of nitrogens with one attached hydrogen (secondary N) is 1. The Bertz CT molecular complexity index is 1190. The Morgan fingerprint density at radius 3 is 2.42 bits per heavy atom. The van der Waals surface area contributed by atoms with Crippen LogP contribution in [0.1, 0.15) is 49.4 Å². The van der Waals surface area contributed by atoms with E-state index in [1.807, 2.05) is 18.2 Å². The average Bonchev–Trinajstić information content (AvgIpc) is 3.46. The maximum Gasteiger partial charge on any atom is 0.230 e. The van der Waals surface area contributed by atoms with Gasteiger partial charge in [0.2, 0.25) is 5.91 Å². The summed E-state index contributed by atoms with van der Waals surface area (Å²) in [6, 6.07) is 18.7. The van der Waals surface area contributed by atoms with E-state index < -0.39 is 0 Å². The van der Waals surface area contributed by atoms with E-state index in [4.69, 9.17) is 9.97 Å². The number of aromatic nitrogens is 2. The number of amides is 1. The molecule has 1 saturated carbocycles. The highest BCUT2D eigenvalue weighted by atomic mass is 16.2. The van der Waals surface area contributed by atoms with Gasteiger partial charge in [-0.2, -0.15) is 0 Å². The second-order valence-electron chi connectivity index (χ2n) is 11.1. The molecule has 5 rings (SSSR count). The Kier molecular flexibility index (Phi) is 8.86. The molecule has 1 N–H and O–H groups in total. The molecule has 202 valence electrons. The summed E-state index contributed by atoms with van der Waals surface area (Å²) >= 11 is 0. The van der Waals surface area contributed by atoms with Crippen LogP contribution in [0.4, 0.5) is 5.82 Å². The van der Waals surface area contributed by atoms with Crippen molar-refractivity contribution in [2.75, 3.05) is 58.7 Å². The Balaban J connectivity index is 1.23. The molecule has 1 aliphatic carbocycles. The van der Waals surface area contributed by atoms with Gasteiger partial charge in [-0.15, -0.1) is 0 Å². The fourth-order valence-electron chi connectivity index (χ4n) is 6.02. The van der Waals surface area contributed by atoms with Crippen LogP contribution in [0.5, 0.6) is 0 Å². The number of hydrogen-bond acceptors (Lipinski definition) is 6. The molecule has 1 saturated heterocycles. The Hall–Kier alpha value is -3.03. The molecule has 1 unspecified atom stereocenters. The average molecular weight is 515 g/mol. The molecule has 1 atom stereocenters. The molecule has 0 bridgehead atoms. The van der Waals surface area contributed by atoms with E-state index in [-0.39, 0.29) is 5.92 Å². The summed E-state index contributed by atoms with van der Waals surface area (Å²) in [7, 11) is 4.20. The van der Waals surface area contributed by atoms with Crippen molar-refractivity contribution in [3.05, 3.63) is 66.0 Å². The number of rotatable bonds is 10. The molecule has 1 aliphatic heterocycles. The van der Waals surface area contributed by atoms with E-state index in [1.54, 1.807) is 0 Å². The summed E-state index contributed by atoms with van der Waals surface area (Å²) in [6.45, 7) is 5.83. The molecule has 7 nitrogen and oxygen atoms in total. The quantitative estimate of drug-likeness (QED) is 0.399. The van der Waals surface area contributed by atoms with Gasteiger partial charge in [0.15, 0.2) is 0 Å². The monoisotopic (exact) mass is 514 g/mol. The van der Waals surface area contributed by atoms with Crippen LogP contribution in [0.2, 0.25) is 0 Å². The summed E-state index contributed by atoms with van der Waals surface area (Å²) in [5.41, 5.74) is 2.16. The molecule has 2 aromatic carbocycles. The van der Waals surface area contributed by atoms with Gasteiger partial charge in [0.25, 0.3) is 0 Å². The summed E-state index contributed by atoms with van der Waals surface area (Å²) in [6.07, 6.45) is 5.87. The highest BCUT2D eigenvalue weighted by Gasteiger charge is 2.35. The minimum absolute atomic E-state index is 0.00444. The lowest BCUT2D eigenvalue weighted by Gasteiger charge is -2.37. The third-order valence-corrected chi connectivity index (χ3v) is 8.07. The van der Waals surface area contributed by atoms with Crippen LogP contribution < -0.4 is 5.32 Å². The van der Waals surface area contributed by atoms with Gasteiger partial charge in [-0.05, 0) is 63.5 Å². The van der Waals surface area contributed by atoms with Crippen molar-refractivity contribution < 1.29 is 4.79 Å². The number of nitrogens with zero attached hydrogens (tertiary/aromatic N) is 5. The molecular weight excluding hydrogens is 472 g/mol. The van der Waals surface area contributed by atoms with E-state index in [9.17, 15) is 4.79 Å². The normalized spacial score (nSPS) is 17.8. The number of anilines is 1. The van der Waals surface area contributed by atoms with E-state index in [0.717, 1.165) is 81.1 Å². The molecule has 3 aromatic rings. The van der Waals surface area contributed by atoms with Crippen molar-refractivity contribution in [3.8, 4) is 0 Å². The SMILES string of the molecule is CN(C)CCCNc1nc(CN2CCN(C(=O)C(c3ccccc3)C3CCCC3)CC2)nc2ccccc12. The van der Waals surface area contributed by atoms with Crippen molar-refractivity contribution in [2.45, 2.75) is 44.6 Å². The highest BCUT2D eigenvalue weighted by molar-refractivity contribution is 5.89. The van der Waals surface area contributed by atoms with Crippen molar-refractivity contribution >= 4 is 22.6 Å². The van der Waals surface area contributed by atoms with E-state index in [2.05, 4.69) is 70.5 Å². The fourth-order valence-corrected chi connectivity index (χ4v) is 6.02. The van der Waals surface area contributed by atoms with Crippen LogP contribution in [0, 0.1) is 5.92 Å². The second kappa shape index (κ2) is 12.7. The van der Waals surface area contributed by atoms with Gasteiger partial charge in [-0.1, -0.05) is 55.3 Å². The van der Waals surface area contributed by atoms with E-state index >= 15 is 0 Å². The first-order valence-electron chi connectivity index (χ1n) is 14.3. The third kappa shape index (κ3) is 6.51. The smallest absolute Gasteiger partial charge is 0.230 e. The van der Waals surface area contributed by atoms with E-state index in [0.29, 0.717) is 18.4 Å². The van der Waals surface area contributed by atoms with Gasteiger partial charge in [0.05, 0.1) is 18.0 Å². The Morgan fingerprint density at radius 1 is 0.974 bits per heavy atom. The summed E-state index contributed by atoms with van der Waals surface area (Å²) in [4.78, 5) is 30.3. The minimum atomic E-state index is -0.00444. The minimum Gasteiger partial charge on any atom is -0.369 e. The van der Waals surface area contributed by atoms with Crippen molar-refractivity contribution in [1.82, 2.24) is 24.7 Å². The summed E-state index contributed by atoms with van der Waals surface area (Å²) in [5, 5.41) is 4.61. The number of benzene rings is 2. The van der Waals surface area contributed by atoms with Gasteiger partial charge in [0, 0.05) is 38.1 Å². The van der Waals surface area contributed by atoms with Gasteiger partial charge in [0.1, 0.15) is 11.6 Å². The molecule has 7 heteroatoms. The van der Waals surface area contributed by atoms with Gasteiger partial charge in [-0.25, -0.2) is 9.97 Å². The lowest BCUT2D eigenvalue weighted by Crippen LogP contribution is -2.50. The lowest BCUT2D eigenvalue weighted by atomic mass is 9.83. The predicted molar refractivity (Wildman–Crippen MR) is 154 cm³/mol. The number of para-hydroxylation sites is 1. The van der Waals surface area contributed by atoms with Crippen LogP contribution in [-0.4, -0.2) is 83.9 Å². The number of fused-ring (bicyclic) bond motifs is 1. The van der Waals surface area contributed by atoms with Crippen molar-refractivity contribution in [3.63, 3.8) is 0 Å². The Labute approximate surface area is 227 Å². The maximum absolute atomic E-state index is 13.8. The topological polar surface area (TPSA) is 64.6 Å². The van der Waals surface area contributed by atoms with Crippen LogP contribution in [0.15, 0.2) is 54.6 Å². The maximum atomic E-state index is 13.8. The van der Waals surface area contributed by atoms with Crippen molar-refractivity contribution in [1.29, 1.82) is 0 Å². The first-order chi connectivity index (χ1) is 18.6. The molecule has 1 amide bonds. The van der Waals surface area contributed by atoms with Gasteiger partial charge < -0.3 is 15.1 Å². The predicted octanol–water partition coefficient (Wildman–Crippen LogP) is 4.61. The standard InChI is InChI=1S/C31H42N6O/c1-35(2)18-10-17-32-30-26-15-8-9-16-27(26)33-28(34-30)23-36-19-21-37(22-20-36)31(38)29(25-13-6-7-14-25)24-11-4-3-5-12-24/h3-5,8-9,11-12,15-16,25,29H,6-7,10,13-14,17-23H2,1-2H3,(H,32,33,34). The summed E-state index contributed by atoms with van der Waals surface area (Å²) < 4.78 is 0. The molecule has 0 radical (unpaired) electrons. The van der Waals surface area contributed by atoms with E-state index in [1.165, 1.54) is 18.4 Å². The number of piperazine rings is 1. The number of carbonyl (C=O) groups is 1. The molecule has 2 aliphatic rings. The molecule has 2 heterocycles. The molecule has 38 heavy (non-hydrogen) atoms. The first kappa shape index (κ1) is 26.6. The van der Waals surface area contributed by atoms with Crippen LogP contribution in [0.3, 0.4) is 0 Å². The molecule has 0 spiro atoms. The number of carbonyl (C=O) groups excluding carboxylic acids is 1. The largest absolute Gasteiger partial charge is 0.369 e. The molecular formula is C31H42N6O. The Morgan fingerprint density at radius 2 is 1.68 bits per heavy atom. The van der Waals surface area contributed by atoms with Crippen LogP contribution >= 0.6 is 0 Å². The molecule has 2 fully saturated rings. The zero-order valence-electron chi connectivity index (χ0n) is 23.0. The molecule has 1 aromatic heterocycles. The van der Waals surface area contributed by atoms with Crippen LogP contribution in [0.25, 0.3) is 10.9 Å².